The Morgan fingerprint density at radius 1 is 0.931 bits per heavy atom. The molecule has 0 spiro atoms. The molecule has 0 bridgehead atoms. The summed E-state index contributed by atoms with van der Waals surface area (Å²) in [5, 5.41) is 0. The Morgan fingerprint density at radius 2 is 1.59 bits per heavy atom. The summed E-state index contributed by atoms with van der Waals surface area (Å²) in [6, 6.07) is 10.8. The van der Waals surface area contributed by atoms with Crippen LogP contribution in [-0.4, -0.2) is 38.8 Å². The third-order valence-corrected chi connectivity index (χ3v) is 6.09. The third kappa shape index (κ3) is 3.19. The van der Waals surface area contributed by atoms with Gasteiger partial charge in [-0.3, -0.25) is 19.5 Å². The minimum Gasteiger partial charge on any atom is -0.488 e. The van der Waals surface area contributed by atoms with Crippen LogP contribution in [0.4, 0.5) is 0 Å². The van der Waals surface area contributed by atoms with E-state index in [4.69, 9.17) is 4.74 Å². The number of carbonyl (C=O) groups is 2. The number of benzene rings is 2. The van der Waals surface area contributed by atoms with Crippen LogP contribution in [0.1, 0.15) is 46.4 Å². The standard InChI is InChI=1S/C22H18BrN3O3/c23-13-11-18-20(25-10-9-24-18)19(12-13)29-15-7-5-14(6-8-15)26-21(27)16-3-1-2-4-17(16)22(26)28/h1-4,9-12,14-15H,5-8H2/t14-,15+. The van der Waals surface area contributed by atoms with Gasteiger partial charge < -0.3 is 4.74 Å². The van der Waals surface area contributed by atoms with Crippen molar-refractivity contribution in [3.05, 3.63) is 64.4 Å². The molecule has 0 N–H and O–H groups in total. The molecule has 0 atom stereocenters. The van der Waals surface area contributed by atoms with Crippen molar-refractivity contribution in [2.24, 2.45) is 0 Å². The van der Waals surface area contributed by atoms with E-state index in [9.17, 15) is 9.59 Å². The average Bonchev–Trinajstić information content (AvgIpc) is 2.99. The van der Waals surface area contributed by atoms with E-state index in [0.29, 0.717) is 16.9 Å². The van der Waals surface area contributed by atoms with Crippen LogP contribution in [0.25, 0.3) is 11.0 Å². The molecule has 5 rings (SSSR count). The topological polar surface area (TPSA) is 72.4 Å². The number of rotatable bonds is 3. The van der Waals surface area contributed by atoms with E-state index in [1.807, 2.05) is 12.1 Å². The van der Waals surface area contributed by atoms with E-state index in [1.54, 1.807) is 36.7 Å². The van der Waals surface area contributed by atoms with Gasteiger partial charge in [0, 0.05) is 22.9 Å². The number of hydrogen-bond acceptors (Lipinski definition) is 5. The first-order valence-corrected chi connectivity index (χ1v) is 10.4. The smallest absolute Gasteiger partial charge is 0.261 e. The minimum atomic E-state index is -0.178. The maximum Gasteiger partial charge on any atom is 0.261 e. The molecule has 6 nitrogen and oxygen atoms in total. The predicted molar refractivity (Wildman–Crippen MR) is 111 cm³/mol. The Bertz CT molecular complexity index is 1090. The molecule has 0 saturated heterocycles. The van der Waals surface area contributed by atoms with Crippen LogP contribution < -0.4 is 4.74 Å². The number of hydrogen-bond donors (Lipinski definition) is 0. The molecule has 2 amide bonds. The molecular formula is C22H18BrN3O3. The molecule has 1 aliphatic carbocycles. The molecule has 1 saturated carbocycles. The molecule has 0 radical (unpaired) electrons. The summed E-state index contributed by atoms with van der Waals surface area (Å²) in [6.07, 6.45) is 6.33. The Morgan fingerprint density at radius 3 is 2.28 bits per heavy atom. The molecular weight excluding hydrogens is 434 g/mol. The zero-order chi connectivity index (χ0) is 20.0. The van der Waals surface area contributed by atoms with Crippen LogP contribution in [0.5, 0.6) is 5.75 Å². The molecule has 2 heterocycles. The van der Waals surface area contributed by atoms with Crippen LogP contribution in [-0.2, 0) is 0 Å². The first-order valence-electron chi connectivity index (χ1n) is 9.65. The first kappa shape index (κ1) is 18.2. The van der Waals surface area contributed by atoms with E-state index in [0.717, 1.165) is 41.2 Å². The lowest BCUT2D eigenvalue weighted by molar-refractivity contribution is 0.0479. The Kier molecular flexibility index (Phi) is 4.54. The maximum absolute atomic E-state index is 12.7. The summed E-state index contributed by atoms with van der Waals surface area (Å²) in [6.45, 7) is 0. The zero-order valence-corrected chi connectivity index (χ0v) is 17.1. The fourth-order valence-corrected chi connectivity index (χ4v) is 4.67. The first-order chi connectivity index (χ1) is 14.1. The average molecular weight is 452 g/mol. The number of fused-ring (bicyclic) bond motifs is 2. The van der Waals surface area contributed by atoms with Gasteiger partial charge in [0.25, 0.3) is 11.8 Å². The van der Waals surface area contributed by atoms with Crippen molar-refractivity contribution >= 4 is 38.8 Å². The van der Waals surface area contributed by atoms with E-state index in [2.05, 4.69) is 25.9 Å². The van der Waals surface area contributed by atoms with Gasteiger partial charge in [-0.05, 0) is 49.9 Å². The molecule has 1 aliphatic heterocycles. The third-order valence-electron chi connectivity index (χ3n) is 5.63. The minimum absolute atomic E-state index is 0.0148. The summed E-state index contributed by atoms with van der Waals surface area (Å²) in [5.74, 6) is 0.345. The summed E-state index contributed by atoms with van der Waals surface area (Å²) in [4.78, 5) is 35.6. The second-order valence-electron chi connectivity index (χ2n) is 7.40. The number of halogens is 1. The SMILES string of the molecule is O=C1c2ccccc2C(=O)N1[C@H]1CC[C@@H](Oc2cc(Br)cc3nccnc23)CC1. The van der Waals surface area contributed by atoms with Gasteiger partial charge in [-0.1, -0.05) is 28.1 Å². The quantitative estimate of drug-likeness (QED) is 0.552. The molecule has 1 aromatic heterocycles. The van der Waals surface area contributed by atoms with E-state index in [-0.39, 0.29) is 24.0 Å². The van der Waals surface area contributed by atoms with Crippen molar-refractivity contribution in [1.29, 1.82) is 0 Å². The van der Waals surface area contributed by atoms with Gasteiger partial charge in [-0.15, -0.1) is 0 Å². The summed E-state index contributed by atoms with van der Waals surface area (Å²) < 4.78 is 7.14. The lowest BCUT2D eigenvalue weighted by Crippen LogP contribution is -2.43. The van der Waals surface area contributed by atoms with Crippen molar-refractivity contribution in [3.63, 3.8) is 0 Å². The second kappa shape index (κ2) is 7.22. The summed E-state index contributed by atoms with van der Waals surface area (Å²) in [7, 11) is 0. The number of ether oxygens (including phenoxy) is 1. The number of aromatic nitrogens is 2. The number of nitrogens with zero attached hydrogens (tertiary/aromatic N) is 3. The molecule has 2 aromatic carbocycles. The Hall–Kier alpha value is -2.80. The van der Waals surface area contributed by atoms with Crippen LogP contribution in [0.3, 0.4) is 0 Å². The van der Waals surface area contributed by atoms with E-state index >= 15 is 0 Å². The Balaban J connectivity index is 1.30. The number of amides is 2. The highest BCUT2D eigenvalue weighted by atomic mass is 79.9. The van der Waals surface area contributed by atoms with Crippen LogP contribution >= 0.6 is 15.9 Å². The molecule has 29 heavy (non-hydrogen) atoms. The van der Waals surface area contributed by atoms with E-state index in [1.165, 1.54) is 4.90 Å². The molecule has 3 aromatic rings. The van der Waals surface area contributed by atoms with Crippen LogP contribution in [0, 0.1) is 0 Å². The molecule has 146 valence electrons. The summed E-state index contributed by atoms with van der Waals surface area (Å²) in [5.41, 5.74) is 2.53. The lowest BCUT2D eigenvalue weighted by Gasteiger charge is -2.33. The molecule has 1 fully saturated rings. The number of imide groups is 1. The van der Waals surface area contributed by atoms with Crippen molar-refractivity contribution < 1.29 is 14.3 Å². The van der Waals surface area contributed by atoms with Gasteiger partial charge in [-0.2, -0.15) is 0 Å². The molecule has 0 unspecified atom stereocenters. The van der Waals surface area contributed by atoms with Crippen molar-refractivity contribution in [1.82, 2.24) is 14.9 Å². The fraction of sp³-hybridized carbons (Fsp3) is 0.273. The summed E-state index contributed by atoms with van der Waals surface area (Å²) >= 11 is 3.50. The largest absolute Gasteiger partial charge is 0.488 e. The highest BCUT2D eigenvalue weighted by Crippen LogP contribution is 2.34. The van der Waals surface area contributed by atoms with Crippen LogP contribution in [0.2, 0.25) is 0 Å². The molecule has 2 aliphatic rings. The van der Waals surface area contributed by atoms with Crippen molar-refractivity contribution in [3.8, 4) is 5.75 Å². The van der Waals surface area contributed by atoms with E-state index < -0.39 is 0 Å². The lowest BCUT2D eigenvalue weighted by atomic mass is 9.91. The fourth-order valence-electron chi connectivity index (χ4n) is 4.24. The Labute approximate surface area is 176 Å². The van der Waals surface area contributed by atoms with Crippen molar-refractivity contribution in [2.45, 2.75) is 37.8 Å². The second-order valence-corrected chi connectivity index (χ2v) is 8.32. The normalized spacial score (nSPS) is 21.5. The number of carbonyl (C=O) groups excluding carboxylic acids is 2. The van der Waals surface area contributed by atoms with Crippen molar-refractivity contribution in [2.75, 3.05) is 0 Å². The maximum atomic E-state index is 12.7. The van der Waals surface area contributed by atoms with Gasteiger partial charge in [0.2, 0.25) is 0 Å². The van der Waals surface area contributed by atoms with Crippen LogP contribution in [0.15, 0.2) is 53.3 Å². The monoisotopic (exact) mass is 451 g/mol. The zero-order valence-electron chi connectivity index (χ0n) is 15.5. The predicted octanol–water partition coefficient (Wildman–Crippen LogP) is 4.38. The highest BCUT2D eigenvalue weighted by molar-refractivity contribution is 9.10. The van der Waals surface area contributed by atoms with Gasteiger partial charge in [0.15, 0.2) is 0 Å². The van der Waals surface area contributed by atoms with Gasteiger partial charge in [-0.25, -0.2) is 4.98 Å². The van der Waals surface area contributed by atoms with Gasteiger partial charge >= 0.3 is 0 Å². The van der Waals surface area contributed by atoms with Gasteiger partial charge in [0.05, 0.1) is 22.7 Å². The molecule has 7 heteroatoms. The van der Waals surface area contributed by atoms with Gasteiger partial charge in [0.1, 0.15) is 11.3 Å². The highest BCUT2D eigenvalue weighted by Gasteiger charge is 2.41.